The van der Waals surface area contributed by atoms with Gasteiger partial charge in [0.15, 0.2) is 0 Å². The van der Waals surface area contributed by atoms with Crippen LogP contribution in [0.3, 0.4) is 0 Å². The third-order valence-electron chi connectivity index (χ3n) is 4.24. The van der Waals surface area contributed by atoms with E-state index in [-0.39, 0.29) is 0 Å². The van der Waals surface area contributed by atoms with Gasteiger partial charge in [0.05, 0.1) is 11.4 Å². The predicted octanol–water partition coefficient (Wildman–Crippen LogP) is 6.94. The quantitative estimate of drug-likeness (QED) is 0.361. The molecule has 132 valence electrons. The van der Waals surface area contributed by atoms with E-state index < -0.39 is 6.09 Å². The van der Waals surface area contributed by atoms with Gasteiger partial charge >= 0.3 is 6.09 Å². The fourth-order valence-electron chi connectivity index (χ4n) is 2.98. The maximum atomic E-state index is 13.1. The molecule has 0 heterocycles. The minimum Gasteiger partial charge on any atom is -0.409 e. The summed E-state index contributed by atoms with van der Waals surface area (Å²) in [6, 6.07) is 30.5. The van der Waals surface area contributed by atoms with Crippen molar-refractivity contribution >= 4 is 44.2 Å². The number of ether oxygens (including phenoxy) is 1. The van der Waals surface area contributed by atoms with Crippen LogP contribution in [0.15, 0.2) is 102 Å². The first-order chi connectivity index (χ1) is 13.2. The van der Waals surface area contributed by atoms with Crippen LogP contribution in [-0.2, 0) is 0 Å². The molecule has 1 amide bonds. The normalized spacial score (nSPS) is 10.6. The van der Waals surface area contributed by atoms with Gasteiger partial charge in [0, 0.05) is 9.86 Å². The SMILES string of the molecule is O=C(Oc1ccc(Br)c2ccccc12)N(c1ccccc1)c1ccccc1. The van der Waals surface area contributed by atoms with Crippen LogP contribution in [0.1, 0.15) is 0 Å². The zero-order chi connectivity index (χ0) is 18.6. The van der Waals surface area contributed by atoms with Crippen LogP contribution in [0.25, 0.3) is 10.8 Å². The van der Waals surface area contributed by atoms with Crippen molar-refractivity contribution in [2.75, 3.05) is 4.90 Å². The summed E-state index contributed by atoms with van der Waals surface area (Å²) < 4.78 is 6.78. The number of hydrogen-bond donors (Lipinski definition) is 0. The highest BCUT2D eigenvalue weighted by molar-refractivity contribution is 9.10. The lowest BCUT2D eigenvalue weighted by Gasteiger charge is -2.22. The van der Waals surface area contributed by atoms with Crippen LogP contribution >= 0.6 is 15.9 Å². The number of carbonyl (C=O) groups is 1. The van der Waals surface area contributed by atoms with Crippen LogP contribution in [0, 0.1) is 0 Å². The Labute approximate surface area is 165 Å². The van der Waals surface area contributed by atoms with Gasteiger partial charge in [-0.3, -0.25) is 0 Å². The fraction of sp³-hybridized carbons (Fsp3) is 0. The van der Waals surface area contributed by atoms with E-state index in [1.165, 1.54) is 0 Å². The van der Waals surface area contributed by atoms with Crippen molar-refractivity contribution in [1.82, 2.24) is 0 Å². The Morgan fingerprint density at radius 3 is 1.78 bits per heavy atom. The van der Waals surface area contributed by atoms with E-state index in [0.717, 1.165) is 26.6 Å². The van der Waals surface area contributed by atoms with Crippen LogP contribution in [-0.4, -0.2) is 6.09 Å². The van der Waals surface area contributed by atoms with E-state index in [2.05, 4.69) is 15.9 Å². The summed E-state index contributed by atoms with van der Waals surface area (Å²) in [5, 5.41) is 1.87. The highest BCUT2D eigenvalue weighted by Gasteiger charge is 2.21. The molecular formula is C23H16BrNO2. The van der Waals surface area contributed by atoms with Gasteiger partial charge in [0.1, 0.15) is 5.75 Å². The molecular weight excluding hydrogens is 402 g/mol. The van der Waals surface area contributed by atoms with Gasteiger partial charge in [-0.25, -0.2) is 9.69 Å². The lowest BCUT2D eigenvalue weighted by molar-refractivity contribution is 0.211. The highest BCUT2D eigenvalue weighted by Crippen LogP contribution is 2.33. The van der Waals surface area contributed by atoms with E-state index >= 15 is 0 Å². The molecule has 3 nitrogen and oxygen atoms in total. The zero-order valence-corrected chi connectivity index (χ0v) is 16.0. The van der Waals surface area contributed by atoms with Gasteiger partial charge in [-0.05, 0) is 41.8 Å². The first kappa shape index (κ1) is 17.3. The van der Waals surface area contributed by atoms with Crippen molar-refractivity contribution in [1.29, 1.82) is 0 Å². The van der Waals surface area contributed by atoms with Crippen LogP contribution in [0.4, 0.5) is 16.2 Å². The fourth-order valence-corrected chi connectivity index (χ4v) is 3.46. The Bertz CT molecular complexity index is 1040. The lowest BCUT2D eigenvalue weighted by Crippen LogP contribution is -2.29. The van der Waals surface area contributed by atoms with E-state index in [1.54, 1.807) is 11.0 Å². The van der Waals surface area contributed by atoms with Crippen molar-refractivity contribution in [2.45, 2.75) is 0 Å². The molecule has 4 aromatic carbocycles. The van der Waals surface area contributed by atoms with Crippen LogP contribution in [0.2, 0.25) is 0 Å². The molecule has 0 bridgehead atoms. The highest BCUT2D eigenvalue weighted by atomic mass is 79.9. The zero-order valence-electron chi connectivity index (χ0n) is 14.4. The molecule has 0 N–H and O–H groups in total. The molecule has 0 saturated carbocycles. The maximum absolute atomic E-state index is 13.1. The third-order valence-corrected chi connectivity index (χ3v) is 4.93. The molecule has 0 aliphatic carbocycles. The number of rotatable bonds is 3. The average molecular weight is 418 g/mol. The summed E-state index contributed by atoms with van der Waals surface area (Å²) in [7, 11) is 0. The smallest absolute Gasteiger partial charge is 0.409 e. The summed E-state index contributed by atoms with van der Waals surface area (Å²) in [5.41, 5.74) is 1.49. The number of hydrogen-bond acceptors (Lipinski definition) is 2. The second kappa shape index (κ2) is 7.64. The Balaban J connectivity index is 1.75. The van der Waals surface area contributed by atoms with Crippen molar-refractivity contribution in [3.63, 3.8) is 0 Å². The molecule has 0 aromatic heterocycles. The van der Waals surface area contributed by atoms with E-state index in [9.17, 15) is 4.79 Å². The van der Waals surface area contributed by atoms with E-state index in [4.69, 9.17) is 4.74 Å². The molecule has 4 aromatic rings. The lowest BCUT2D eigenvalue weighted by atomic mass is 10.1. The minimum absolute atomic E-state index is 0.458. The average Bonchev–Trinajstić information content (AvgIpc) is 2.72. The Morgan fingerprint density at radius 2 is 1.19 bits per heavy atom. The number of amides is 1. The molecule has 0 saturated heterocycles. The second-order valence-corrected chi connectivity index (χ2v) is 6.82. The summed E-state index contributed by atoms with van der Waals surface area (Å²) in [6.07, 6.45) is -0.458. The molecule has 4 rings (SSSR count). The molecule has 0 fully saturated rings. The van der Waals surface area contributed by atoms with E-state index in [1.807, 2.05) is 91.0 Å². The summed E-state index contributed by atoms with van der Waals surface area (Å²) in [5.74, 6) is 0.524. The van der Waals surface area contributed by atoms with Gasteiger partial charge in [-0.2, -0.15) is 0 Å². The van der Waals surface area contributed by atoms with Crippen molar-refractivity contribution in [3.8, 4) is 5.75 Å². The number of benzene rings is 4. The molecule has 0 aliphatic rings. The topological polar surface area (TPSA) is 29.5 Å². The summed E-state index contributed by atoms with van der Waals surface area (Å²) in [4.78, 5) is 14.7. The number of nitrogens with zero attached hydrogens (tertiary/aromatic N) is 1. The molecule has 27 heavy (non-hydrogen) atoms. The van der Waals surface area contributed by atoms with Gasteiger partial charge in [0.25, 0.3) is 0 Å². The van der Waals surface area contributed by atoms with Crippen LogP contribution < -0.4 is 9.64 Å². The molecule has 0 spiro atoms. The Hall–Kier alpha value is -3.11. The number of carbonyl (C=O) groups excluding carboxylic acids is 1. The van der Waals surface area contributed by atoms with Gasteiger partial charge < -0.3 is 4.74 Å². The predicted molar refractivity (Wildman–Crippen MR) is 113 cm³/mol. The standard InChI is InChI=1S/C23H16BrNO2/c24-21-15-16-22(20-14-8-7-13-19(20)21)27-23(26)25(17-9-3-1-4-10-17)18-11-5-2-6-12-18/h1-16H. The Kier molecular flexibility index (Phi) is 4.90. The summed E-state index contributed by atoms with van der Waals surface area (Å²) in [6.45, 7) is 0. The molecule has 0 atom stereocenters. The number of halogens is 1. The van der Waals surface area contributed by atoms with Crippen molar-refractivity contribution in [2.24, 2.45) is 0 Å². The molecule has 0 unspecified atom stereocenters. The summed E-state index contributed by atoms with van der Waals surface area (Å²) >= 11 is 3.55. The number of para-hydroxylation sites is 2. The monoisotopic (exact) mass is 417 g/mol. The second-order valence-electron chi connectivity index (χ2n) is 5.97. The van der Waals surface area contributed by atoms with Gasteiger partial charge in [-0.15, -0.1) is 0 Å². The molecule has 4 heteroatoms. The molecule has 0 radical (unpaired) electrons. The first-order valence-electron chi connectivity index (χ1n) is 8.53. The molecule has 0 aliphatic heterocycles. The van der Waals surface area contributed by atoms with E-state index in [0.29, 0.717) is 5.75 Å². The van der Waals surface area contributed by atoms with Crippen molar-refractivity contribution < 1.29 is 9.53 Å². The maximum Gasteiger partial charge on any atom is 0.424 e. The first-order valence-corrected chi connectivity index (χ1v) is 9.32. The Morgan fingerprint density at radius 1 is 0.667 bits per heavy atom. The van der Waals surface area contributed by atoms with Crippen molar-refractivity contribution in [3.05, 3.63) is 102 Å². The number of anilines is 2. The number of fused-ring (bicyclic) bond motifs is 1. The largest absolute Gasteiger partial charge is 0.424 e. The van der Waals surface area contributed by atoms with Gasteiger partial charge in [0.2, 0.25) is 0 Å². The minimum atomic E-state index is -0.458. The van der Waals surface area contributed by atoms with Crippen LogP contribution in [0.5, 0.6) is 5.75 Å². The third kappa shape index (κ3) is 3.57. The van der Waals surface area contributed by atoms with Gasteiger partial charge in [-0.1, -0.05) is 76.6 Å².